The summed E-state index contributed by atoms with van der Waals surface area (Å²) in [5, 5.41) is 0. The summed E-state index contributed by atoms with van der Waals surface area (Å²) in [6.07, 6.45) is 8.87. The number of hydrogen-bond acceptors (Lipinski definition) is 2. The van der Waals surface area contributed by atoms with Gasteiger partial charge >= 0.3 is 0 Å². The lowest BCUT2D eigenvalue weighted by atomic mass is 9.50. The van der Waals surface area contributed by atoms with Gasteiger partial charge in [0.1, 0.15) is 5.78 Å². The Morgan fingerprint density at radius 3 is 1.74 bits per heavy atom. The van der Waals surface area contributed by atoms with Crippen molar-refractivity contribution in [3.8, 4) is 0 Å². The molecule has 0 aromatic carbocycles. The fraction of sp³-hybridized carbons (Fsp3) is 0.625. The quantitative estimate of drug-likeness (QED) is 0.584. The molecule has 4 fully saturated rings. The first kappa shape index (κ1) is 10.8. The average molecular weight is 275 g/mol. The highest BCUT2D eigenvalue weighted by Gasteiger charge is 2.91. The second-order valence-corrected chi connectivity index (χ2v) is 7.15. The molecule has 8 atom stereocenters. The van der Waals surface area contributed by atoms with Crippen LogP contribution in [0.2, 0.25) is 0 Å². The van der Waals surface area contributed by atoms with Gasteiger partial charge in [-0.1, -0.05) is 24.3 Å². The second-order valence-electron chi connectivity index (χ2n) is 6.88. The molecule has 0 radical (unpaired) electrons. The largest absolute Gasteiger partial charge is 0.299 e. The first-order valence-corrected chi connectivity index (χ1v) is 7.63. The summed E-state index contributed by atoms with van der Waals surface area (Å²) < 4.78 is 0. The molecule has 0 aliphatic heterocycles. The van der Waals surface area contributed by atoms with Gasteiger partial charge in [-0.15, -0.1) is 11.6 Å². The minimum Gasteiger partial charge on any atom is -0.299 e. The average Bonchev–Trinajstić information content (AvgIpc) is 3.15. The van der Waals surface area contributed by atoms with Gasteiger partial charge in [0.05, 0.1) is 16.7 Å². The molecule has 6 aliphatic rings. The molecule has 0 heterocycles. The third-order valence-electron chi connectivity index (χ3n) is 7.11. The molecule has 8 bridgehead atoms. The molecule has 3 heteroatoms. The number of alkyl halides is 1. The fourth-order valence-corrected chi connectivity index (χ4v) is 7.46. The lowest BCUT2D eigenvalue weighted by molar-refractivity contribution is -0.150. The Morgan fingerprint density at radius 2 is 1.37 bits per heavy atom. The highest BCUT2D eigenvalue weighted by atomic mass is 35.5. The highest BCUT2D eigenvalue weighted by Crippen LogP contribution is 2.89. The van der Waals surface area contributed by atoms with Crippen LogP contribution in [0.3, 0.4) is 0 Å². The van der Waals surface area contributed by atoms with Crippen molar-refractivity contribution < 1.29 is 9.59 Å². The van der Waals surface area contributed by atoms with Crippen molar-refractivity contribution in [2.45, 2.75) is 6.92 Å². The maximum Gasteiger partial charge on any atom is 0.155 e. The molecule has 0 aromatic heterocycles. The topological polar surface area (TPSA) is 34.1 Å². The zero-order valence-electron chi connectivity index (χ0n) is 10.7. The Morgan fingerprint density at radius 1 is 0.947 bits per heavy atom. The minimum absolute atomic E-state index is 0.0442. The molecule has 6 aliphatic carbocycles. The summed E-state index contributed by atoms with van der Waals surface area (Å²) in [4.78, 5) is 25.4. The number of Topliss-reactive ketones (excluding diaryl/α,β-unsaturated/α-hetero) is 2. The van der Waals surface area contributed by atoms with Crippen LogP contribution < -0.4 is 0 Å². The zero-order valence-corrected chi connectivity index (χ0v) is 11.4. The molecule has 0 saturated heterocycles. The SMILES string of the molecule is CC(=O)C12[C@H]3C=C[C@@H]4[C@@H]3[C@H]3[C@H](C=C[C@@H]31)C42C(=O)CCl. The van der Waals surface area contributed by atoms with E-state index in [0.717, 1.165) is 0 Å². The van der Waals surface area contributed by atoms with Crippen molar-refractivity contribution in [2.24, 2.45) is 46.3 Å². The fourth-order valence-electron chi connectivity index (χ4n) is 7.24. The Bertz CT molecular complexity index is 570. The number of carbonyl (C=O) groups excluding carboxylic acids is 2. The summed E-state index contributed by atoms with van der Waals surface area (Å²) in [6, 6.07) is 0. The predicted octanol–water partition coefficient (Wildman–Crippen LogP) is 2.23. The minimum atomic E-state index is -0.491. The first-order valence-electron chi connectivity index (χ1n) is 7.10. The Balaban J connectivity index is 1.89. The van der Waals surface area contributed by atoms with Crippen LogP contribution in [-0.2, 0) is 9.59 Å². The molecule has 4 saturated carbocycles. The van der Waals surface area contributed by atoms with Crippen LogP contribution in [0.4, 0.5) is 0 Å². The Hall–Kier alpha value is -0.890. The van der Waals surface area contributed by atoms with E-state index in [1.807, 2.05) is 0 Å². The molecular weight excluding hydrogens is 260 g/mol. The van der Waals surface area contributed by atoms with Gasteiger partial charge < -0.3 is 0 Å². The van der Waals surface area contributed by atoms with Crippen molar-refractivity contribution in [3.05, 3.63) is 24.3 Å². The molecular formula is C16H15ClO2. The summed E-state index contributed by atoms with van der Waals surface area (Å²) in [5.74, 6) is 2.52. The van der Waals surface area contributed by atoms with Crippen molar-refractivity contribution in [1.29, 1.82) is 0 Å². The first-order chi connectivity index (χ1) is 9.13. The van der Waals surface area contributed by atoms with E-state index >= 15 is 0 Å². The smallest absolute Gasteiger partial charge is 0.155 e. The second kappa shape index (κ2) is 2.76. The standard InChI is InChI=1S/C16H15ClO2/c1-7(18)15-8-2-4-10-13(8)14-9(15)3-5-11(14)16(10,15)12(19)6-17/h2-5,8-11,13-14H,6H2,1H3/t8-,9-,10-,11+,13+,14+,15?,16?/m0/s1. The van der Waals surface area contributed by atoms with Crippen molar-refractivity contribution in [2.75, 3.05) is 5.88 Å². The Kier molecular flexibility index (Phi) is 1.58. The van der Waals surface area contributed by atoms with Gasteiger partial charge in [-0.2, -0.15) is 0 Å². The predicted molar refractivity (Wildman–Crippen MR) is 70.5 cm³/mol. The van der Waals surface area contributed by atoms with Gasteiger partial charge in [-0.05, 0) is 42.4 Å². The maximum absolute atomic E-state index is 12.8. The van der Waals surface area contributed by atoms with Crippen LogP contribution >= 0.6 is 11.6 Å². The summed E-state index contributed by atoms with van der Waals surface area (Å²) >= 11 is 5.93. The number of allylic oxidation sites excluding steroid dienone is 4. The van der Waals surface area contributed by atoms with Crippen LogP contribution in [-0.4, -0.2) is 17.4 Å². The molecule has 0 amide bonds. The number of rotatable bonds is 3. The number of halogens is 1. The number of carbonyl (C=O) groups is 2. The molecule has 0 aromatic rings. The van der Waals surface area contributed by atoms with E-state index in [2.05, 4.69) is 24.3 Å². The summed E-state index contributed by atoms with van der Waals surface area (Å²) in [6.45, 7) is 1.69. The molecule has 0 N–H and O–H groups in total. The lowest BCUT2D eigenvalue weighted by Crippen LogP contribution is -2.57. The lowest BCUT2D eigenvalue weighted by Gasteiger charge is -2.50. The van der Waals surface area contributed by atoms with Crippen LogP contribution in [0, 0.1) is 46.3 Å². The van der Waals surface area contributed by atoms with Crippen molar-refractivity contribution >= 4 is 23.2 Å². The monoisotopic (exact) mass is 274 g/mol. The van der Waals surface area contributed by atoms with Gasteiger partial charge in [0.25, 0.3) is 0 Å². The summed E-state index contributed by atoms with van der Waals surface area (Å²) in [7, 11) is 0. The maximum atomic E-state index is 12.8. The van der Waals surface area contributed by atoms with E-state index in [9.17, 15) is 9.59 Å². The van der Waals surface area contributed by atoms with Gasteiger partial charge in [0.15, 0.2) is 5.78 Å². The van der Waals surface area contributed by atoms with E-state index in [1.54, 1.807) is 6.92 Å². The van der Waals surface area contributed by atoms with Gasteiger partial charge in [0.2, 0.25) is 0 Å². The van der Waals surface area contributed by atoms with Crippen LogP contribution in [0.5, 0.6) is 0 Å². The highest BCUT2D eigenvalue weighted by molar-refractivity contribution is 6.29. The normalized spacial score (nSPS) is 60.7. The summed E-state index contributed by atoms with van der Waals surface area (Å²) in [5.41, 5.74) is -0.943. The molecule has 98 valence electrons. The molecule has 2 unspecified atom stereocenters. The van der Waals surface area contributed by atoms with Crippen LogP contribution in [0.15, 0.2) is 24.3 Å². The molecule has 0 spiro atoms. The Labute approximate surface area is 116 Å². The zero-order chi connectivity index (χ0) is 13.2. The molecule has 6 rings (SSSR count). The number of hydrogen-bond donors (Lipinski definition) is 0. The molecule has 19 heavy (non-hydrogen) atoms. The van der Waals surface area contributed by atoms with Crippen LogP contribution in [0.1, 0.15) is 6.92 Å². The van der Waals surface area contributed by atoms with E-state index in [4.69, 9.17) is 11.6 Å². The van der Waals surface area contributed by atoms with E-state index < -0.39 is 10.8 Å². The number of ketones is 2. The van der Waals surface area contributed by atoms with Crippen LogP contribution in [0.25, 0.3) is 0 Å². The third kappa shape index (κ3) is 0.674. The van der Waals surface area contributed by atoms with Gasteiger partial charge in [-0.3, -0.25) is 9.59 Å². The van der Waals surface area contributed by atoms with Crippen molar-refractivity contribution in [3.63, 3.8) is 0 Å². The van der Waals surface area contributed by atoms with E-state index in [0.29, 0.717) is 23.7 Å². The molecule has 2 nitrogen and oxygen atoms in total. The van der Waals surface area contributed by atoms with Gasteiger partial charge in [0, 0.05) is 0 Å². The van der Waals surface area contributed by atoms with E-state index in [-0.39, 0.29) is 29.3 Å². The van der Waals surface area contributed by atoms with E-state index in [1.165, 1.54) is 0 Å². The third-order valence-corrected chi connectivity index (χ3v) is 7.35. The van der Waals surface area contributed by atoms with Gasteiger partial charge in [-0.25, -0.2) is 0 Å². The van der Waals surface area contributed by atoms with Crippen molar-refractivity contribution in [1.82, 2.24) is 0 Å².